The summed E-state index contributed by atoms with van der Waals surface area (Å²) in [6.07, 6.45) is -3.21. The molecular weight excluding hydrogens is 166 g/mol. The molecule has 0 aliphatic carbocycles. The second-order valence-corrected chi connectivity index (χ2v) is 2.71. The third kappa shape index (κ3) is 1.78. The van der Waals surface area contributed by atoms with Gasteiger partial charge in [0.05, 0.1) is 6.61 Å². The van der Waals surface area contributed by atoms with Crippen molar-refractivity contribution in [2.45, 2.75) is 31.0 Å². The smallest absolute Gasteiger partial charge is 0.157 e. The number of ether oxygens (including phenoxy) is 1. The first kappa shape index (κ1) is 9.53. The van der Waals surface area contributed by atoms with E-state index in [1.54, 1.807) is 0 Å². The molecular formula is C6H11NO5. The fourth-order valence-corrected chi connectivity index (χ4v) is 1.19. The number of aliphatic hydroxyl groups excluding tert-OH is 3. The Hall–Kier alpha value is -0.560. The van der Waals surface area contributed by atoms with Gasteiger partial charge < -0.3 is 20.1 Å². The van der Waals surface area contributed by atoms with Crippen molar-refractivity contribution in [3.8, 4) is 0 Å². The van der Waals surface area contributed by atoms with Crippen LogP contribution in [0.25, 0.3) is 0 Å². The van der Waals surface area contributed by atoms with Crippen molar-refractivity contribution in [1.82, 2.24) is 0 Å². The van der Waals surface area contributed by atoms with Crippen LogP contribution < -0.4 is 0 Å². The van der Waals surface area contributed by atoms with E-state index in [9.17, 15) is 10.0 Å². The maximum Gasteiger partial charge on any atom is 0.157 e. The van der Waals surface area contributed by atoms with E-state index in [1.165, 1.54) is 0 Å². The van der Waals surface area contributed by atoms with Gasteiger partial charge in [0, 0.05) is 6.42 Å². The lowest BCUT2D eigenvalue weighted by atomic mass is 10.0. The van der Waals surface area contributed by atoms with Crippen molar-refractivity contribution in [3.05, 3.63) is 4.91 Å². The van der Waals surface area contributed by atoms with Crippen molar-refractivity contribution in [2.24, 2.45) is 5.18 Å². The molecule has 6 heteroatoms. The van der Waals surface area contributed by atoms with Crippen molar-refractivity contribution in [3.63, 3.8) is 0 Å². The highest BCUT2D eigenvalue weighted by Gasteiger charge is 2.37. The molecule has 3 N–H and O–H groups in total. The van der Waals surface area contributed by atoms with Gasteiger partial charge in [-0.1, -0.05) is 5.18 Å². The summed E-state index contributed by atoms with van der Waals surface area (Å²) >= 11 is 0. The predicted molar refractivity (Wildman–Crippen MR) is 38.2 cm³/mol. The van der Waals surface area contributed by atoms with Crippen LogP contribution in [-0.2, 0) is 4.74 Å². The fourth-order valence-electron chi connectivity index (χ4n) is 1.19. The molecule has 0 aromatic heterocycles. The highest BCUT2D eigenvalue weighted by atomic mass is 16.6. The summed E-state index contributed by atoms with van der Waals surface area (Å²) in [5.41, 5.74) is 0. The number of rotatable bonds is 2. The Bertz CT molecular complexity index is 164. The lowest BCUT2D eigenvalue weighted by Crippen LogP contribution is -2.48. The third-order valence-electron chi connectivity index (χ3n) is 1.87. The minimum absolute atomic E-state index is 0.0266. The zero-order chi connectivity index (χ0) is 9.14. The number of hydrogen-bond acceptors (Lipinski definition) is 6. The SMILES string of the molecule is O=NC1CC(O)OC(CO)C1O. The van der Waals surface area contributed by atoms with Crippen molar-refractivity contribution in [2.75, 3.05) is 6.61 Å². The van der Waals surface area contributed by atoms with E-state index >= 15 is 0 Å². The van der Waals surface area contributed by atoms with Gasteiger partial charge in [0.15, 0.2) is 6.29 Å². The van der Waals surface area contributed by atoms with Gasteiger partial charge in [0.2, 0.25) is 0 Å². The van der Waals surface area contributed by atoms with Gasteiger partial charge in [0.25, 0.3) is 0 Å². The van der Waals surface area contributed by atoms with Crippen molar-refractivity contribution in [1.29, 1.82) is 0 Å². The normalized spacial score (nSPS) is 42.6. The maximum atomic E-state index is 10.1. The molecule has 1 heterocycles. The average molecular weight is 177 g/mol. The zero-order valence-electron chi connectivity index (χ0n) is 6.33. The van der Waals surface area contributed by atoms with Gasteiger partial charge in [-0.3, -0.25) is 0 Å². The third-order valence-corrected chi connectivity index (χ3v) is 1.87. The van der Waals surface area contributed by atoms with Crippen LogP contribution in [-0.4, -0.2) is 46.5 Å². The van der Waals surface area contributed by atoms with Gasteiger partial charge in [0.1, 0.15) is 18.2 Å². The van der Waals surface area contributed by atoms with Crippen LogP contribution >= 0.6 is 0 Å². The Morgan fingerprint density at radius 3 is 2.67 bits per heavy atom. The van der Waals surface area contributed by atoms with E-state index in [0.29, 0.717) is 0 Å². The summed E-state index contributed by atoms with van der Waals surface area (Å²) in [5.74, 6) is 0. The van der Waals surface area contributed by atoms with Gasteiger partial charge >= 0.3 is 0 Å². The molecule has 1 saturated heterocycles. The molecule has 0 spiro atoms. The van der Waals surface area contributed by atoms with Gasteiger partial charge in [-0.25, -0.2) is 0 Å². The Balaban J connectivity index is 2.60. The zero-order valence-corrected chi connectivity index (χ0v) is 6.33. The first-order valence-corrected chi connectivity index (χ1v) is 3.64. The van der Waals surface area contributed by atoms with Gasteiger partial charge in [-0.05, 0) is 0 Å². The molecule has 1 rings (SSSR count). The van der Waals surface area contributed by atoms with Crippen LogP contribution in [0, 0.1) is 4.91 Å². The second kappa shape index (κ2) is 3.90. The topological polar surface area (TPSA) is 99.4 Å². The molecule has 1 aliphatic rings. The fraction of sp³-hybridized carbons (Fsp3) is 1.00. The predicted octanol–water partition coefficient (Wildman–Crippen LogP) is -1.42. The molecule has 0 radical (unpaired) electrons. The minimum Gasteiger partial charge on any atom is -0.394 e. The molecule has 0 bridgehead atoms. The van der Waals surface area contributed by atoms with Crippen LogP contribution in [0.3, 0.4) is 0 Å². The molecule has 4 atom stereocenters. The summed E-state index contributed by atoms with van der Waals surface area (Å²) in [6, 6.07) is -0.897. The Morgan fingerprint density at radius 1 is 1.50 bits per heavy atom. The average Bonchev–Trinajstić information content (AvgIpc) is 2.08. The Labute approximate surface area is 68.7 Å². The number of aliphatic hydroxyl groups is 3. The standard InChI is InChI=1S/C6H11NO5/c8-2-4-6(10)3(7-11)1-5(9)12-4/h3-6,8-10H,1-2H2. The van der Waals surface area contributed by atoms with Gasteiger partial charge in [-0.2, -0.15) is 4.91 Å². The van der Waals surface area contributed by atoms with Crippen LogP contribution in [0.4, 0.5) is 0 Å². The maximum absolute atomic E-state index is 10.1. The first-order valence-electron chi connectivity index (χ1n) is 3.64. The summed E-state index contributed by atoms with van der Waals surface area (Å²) in [5, 5.41) is 29.5. The lowest BCUT2D eigenvalue weighted by molar-refractivity contribution is -0.213. The molecule has 1 aliphatic heterocycles. The van der Waals surface area contributed by atoms with E-state index in [1.807, 2.05) is 0 Å². The van der Waals surface area contributed by atoms with Crippen LogP contribution in [0.1, 0.15) is 6.42 Å². The Morgan fingerprint density at radius 2 is 2.17 bits per heavy atom. The van der Waals surface area contributed by atoms with E-state index in [-0.39, 0.29) is 6.42 Å². The van der Waals surface area contributed by atoms with Crippen molar-refractivity contribution >= 4 is 0 Å². The first-order chi connectivity index (χ1) is 5.69. The second-order valence-electron chi connectivity index (χ2n) is 2.71. The largest absolute Gasteiger partial charge is 0.394 e. The van der Waals surface area contributed by atoms with E-state index in [0.717, 1.165) is 0 Å². The molecule has 12 heavy (non-hydrogen) atoms. The van der Waals surface area contributed by atoms with Gasteiger partial charge in [-0.15, -0.1) is 0 Å². The molecule has 0 saturated carbocycles. The molecule has 0 aromatic rings. The summed E-state index contributed by atoms with van der Waals surface area (Å²) in [7, 11) is 0. The molecule has 6 nitrogen and oxygen atoms in total. The van der Waals surface area contributed by atoms with Crippen molar-refractivity contribution < 1.29 is 20.1 Å². The number of hydrogen-bond donors (Lipinski definition) is 3. The van der Waals surface area contributed by atoms with Crippen LogP contribution in [0.5, 0.6) is 0 Å². The van der Waals surface area contributed by atoms with Crippen LogP contribution in [0.2, 0.25) is 0 Å². The molecule has 4 unspecified atom stereocenters. The molecule has 0 aromatic carbocycles. The number of nitrogens with zero attached hydrogens (tertiary/aromatic N) is 1. The summed E-state index contributed by atoms with van der Waals surface area (Å²) in [4.78, 5) is 10.1. The number of nitroso groups, excluding NO2 is 1. The molecule has 0 amide bonds. The van der Waals surface area contributed by atoms with E-state index < -0.39 is 31.1 Å². The minimum atomic E-state index is -1.13. The van der Waals surface area contributed by atoms with E-state index in [2.05, 4.69) is 5.18 Å². The lowest BCUT2D eigenvalue weighted by Gasteiger charge is -2.32. The summed E-state index contributed by atoms with van der Waals surface area (Å²) in [6.45, 7) is -0.440. The molecule has 1 fully saturated rings. The van der Waals surface area contributed by atoms with E-state index in [4.69, 9.17) is 14.9 Å². The highest BCUT2D eigenvalue weighted by molar-refractivity contribution is 4.86. The van der Waals surface area contributed by atoms with Crippen LogP contribution in [0.15, 0.2) is 5.18 Å². The quantitative estimate of drug-likeness (QED) is 0.449. The Kier molecular flexibility index (Phi) is 3.10. The highest BCUT2D eigenvalue weighted by Crippen LogP contribution is 2.20. The summed E-state index contributed by atoms with van der Waals surface area (Å²) < 4.78 is 4.74. The molecule has 70 valence electrons. The monoisotopic (exact) mass is 177 g/mol.